The van der Waals surface area contributed by atoms with Crippen molar-refractivity contribution in [2.24, 2.45) is 0 Å². The van der Waals surface area contributed by atoms with Crippen LogP contribution in [0.2, 0.25) is 0 Å². The fourth-order valence-electron chi connectivity index (χ4n) is 1.95. The van der Waals surface area contributed by atoms with Crippen molar-refractivity contribution in [3.63, 3.8) is 0 Å². The highest BCUT2D eigenvalue weighted by atomic mass is 19.1. The SMILES string of the molecule is CN(CCc1ccncc1)CC(=O)Nc1ccccc1F. The highest BCUT2D eigenvalue weighted by Crippen LogP contribution is 2.12. The molecule has 0 saturated heterocycles. The lowest BCUT2D eigenvalue weighted by molar-refractivity contribution is -0.117. The molecule has 1 aromatic heterocycles. The maximum Gasteiger partial charge on any atom is 0.238 e. The Kier molecular flexibility index (Phi) is 5.40. The lowest BCUT2D eigenvalue weighted by atomic mass is 10.2. The summed E-state index contributed by atoms with van der Waals surface area (Å²) in [7, 11) is 1.86. The van der Waals surface area contributed by atoms with E-state index < -0.39 is 5.82 Å². The molecular weight excluding hydrogens is 269 g/mol. The molecule has 21 heavy (non-hydrogen) atoms. The Balaban J connectivity index is 1.78. The summed E-state index contributed by atoms with van der Waals surface area (Å²) >= 11 is 0. The van der Waals surface area contributed by atoms with Crippen LogP contribution in [0.4, 0.5) is 10.1 Å². The first kappa shape index (κ1) is 15.1. The summed E-state index contributed by atoms with van der Waals surface area (Å²) in [5, 5.41) is 2.57. The fourth-order valence-corrected chi connectivity index (χ4v) is 1.95. The Labute approximate surface area is 123 Å². The van der Waals surface area contributed by atoms with E-state index in [0.717, 1.165) is 13.0 Å². The second kappa shape index (κ2) is 7.50. The lowest BCUT2D eigenvalue weighted by Crippen LogP contribution is -2.31. The summed E-state index contributed by atoms with van der Waals surface area (Å²) in [4.78, 5) is 17.7. The highest BCUT2D eigenvalue weighted by Gasteiger charge is 2.09. The zero-order chi connectivity index (χ0) is 15.1. The number of nitrogens with zero attached hydrogens (tertiary/aromatic N) is 2. The van der Waals surface area contributed by atoms with E-state index in [-0.39, 0.29) is 18.1 Å². The summed E-state index contributed by atoms with van der Waals surface area (Å²) in [6, 6.07) is 10.0. The average molecular weight is 287 g/mol. The van der Waals surface area contributed by atoms with E-state index in [9.17, 15) is 9.18 Å². The first-order chi connectivity index (χ1) is 10.1. The van der Waals surface area contributed by atoms with E-state index in [1.165, 1.54) is 11.6 Å². The lowest BCUT2D eigenvalue weighted by Gasteiger charge is -2.16. The van der Waals surface area contributed by atoms with Gasteiger partial charge in [-0.3, -0.25) is 14.7 Å². The molecule has 0 atom stereocenters. The Bertz CT molecular complexity index is 589. The van der Waals surface area contributed by atoms with Crippen molar-refractivity contribution in [2.75, 3.05) is 25.5 Å². The molecule has 0 bridgehead atoms. The Morgan fingerprint density at radius 1 is 1.24 bits per heavy atom. The molecule has 1 aromatic carbocycles. The van der Waals surface area contributed by atoms with E-state index in [1.54, 1.807) is 30.6 Å². The van der Waals surface area contributed by atoms with Crippen molar-refractivity contribution in [1.29, 1.82) is 0 Å². The number of amides is 1. The number of anilines is 1. The molecule has 0 aliphatic rings. The van der Waals surface area contributed by atoms with E-state index >= 15 is 0 Å². The van der Waals surface area contributed by atoms with Crippen LogP contribution < -0.4 is 5.32 Å². The monoisotopic (exact) mass is 287 g/mol. The van der Waals surface area contributed by atoms with Crippen molar-refractivity contribution in [3.05, 3.63) is 60.2 Å². The van der Waals surface area contributed by atoms with Crippen LogP contribution in [0, 0.1) is 5.82 Å². The molecule has 0 unspecified atom stereocenters. The molecule has 1 N–H and O–H groups in total. The number of nitrogens with one attached hydrogen (secondary N) is 1. The summed E-state index contributed by atoms with van der Waals surface area (Å²) in [6.45, 7) is 0.966. The van der Waals surface area contributed by atoms with Crippen LogP contribution >= 0.6 is 0 Å². The number of carbonyl (C=O) groups excluding carboxylic acids is 1. The summed E-state index contributed by atoms with van der Waals surface area (Å²) < 4.78 is 13.4. The van der Waals surface area contributed by atoms with Gasteiger partial charge >= 0.3 is 0 Å². The predicted octanol–water partition coefficient (Wildman–Crippen LogP) is 2.33. The third kappa shape index (κ3) is 4.96. The molecule has 2 rings (SSSR count). The molecule has 0 aliphatic heterocycles. The number of benzene rings is 1. The molecule has 0 radical (unpaired) electrons. The molecule has 0 spiro atoms. The Morgan fingerprint density at radius 3 is 2.67 bits per heavy atom. The van der Waals surface area contributed by atoms with E-state index in [1.807, 2.05) is 24.1 Å². The average Bonchev–Trinajstić information content (AvgIpc) is 2.48. The van der Waals surface area contributed by atoms with Crippen molar-refractivity contribution in [1.82, 2.24) is 9.88 Å². The number of carbonyl (C=O) groups is 1. The minimum atomic E-state index is -0.426. The van der Waals surface area contributed by atoms with Crippen LogP contribution in [0.1, 0.15) is 5.56 Å². The first-order valence-electron chi connectivity index (χ1n) is 6.77. The van der Waals surface area contributed by atoms with Gasteiger partial charge in [0.2, 0.25) is 5.91 Å². The van der Waals surface area contributed by atoms with Gasteiger partial charge < -0.3 is 5.32 Å². The van der Waals surface area contributed by atoms with Crippen molar-refractivity contribution in [3.8, 4) is 0 Å². The highest BCUT2D eigenvalue weighted by molar-refractivity contribution is 5.92. The van der Waals surface area contributed by atoms with E-state index in [2.05, 4.69) is 10.3 Å². The molecule has 0 aliphatic carbocycles. The van der Waals surface area contributed by atoms with Gasteiger partial charge in [-0.1, -0.05) is 12.1 Å². The number of para-hydroxylation sites is 1. The zero-order valence-corrected chi connectivity index (χ0v) is 11.9. The van der Waals surface area contributed by atoms with Crippen LogP contribution in [-0.2, 0) is 11.2 Å². The number of halogens is 1. The topological polar surface area (TPSA) is 45.2 Å². The number of aromatic nitrogens is 1. The molecule has 1 heterocycles. The Hall–Kier alpha value is -2.27. The van der Waals surface area contributed by atoms with Crippen molar-refractivity contribution < 1.29 is 9.18 Å². The maximum absolute atomic E-state index is 13.4. The number of hydrogen-bond acceptors (Lipinski definition) is 3. The summed E-state index contributed by atoms with van der Waals surface area (Å²) in [5.41, 5.74) is 1.39. The minimum absolute atomic E-state index is 0.213. The van der Waals surface area contributed by atoms with Gasteiger partial charge in [-0.05, 0) is 43.3 Å². The number of likely N-dealkylation sites (N-methyl/N-ethyl adjacent to an activating group) is 1. The second-order valence-corrected chi connectivity index (χ2v) is 4.87. The Morgan fingerprint density at radius 2 is 1.95 bits per heavy atom. The fraction of sp³-hybridized carbons (Fsp3) is 0.250. The van der Waals surface area contributed by atoms with Crippen LogP contribution in [-0.4, -0.2) is 35.9 Å². The smallest absolute Gasteiger partial charge is 0.238 e. The summed E-state index contributed by atoms with van der Waals surface area (Å²) in [5.74, 6) is -0.650. The molecule has 5 heteroatoms. The minimum Gasteiger partial charge on any atom is -0.322 e. The predicted molar refractivity (Wildman–Crippen MR) is 80.5 cm³/mol. The van der Waals surface area contributed by atoms with Crippen LogP contribution in [0.15, 0.2) is 48.8 Å². The quantitative estimate of drug-likeness (QED) is 0.887. The van der Waals surface area contributed by atoms with Gasteiger partial charge in [0.15, 0.2) is 0 Å². The van der Waals surface area contributed by atoms with Gasteiger partial charge in [0.05, 0.1) is 12.2 Å². The van der Waals surface area contributed by atoms with Gasteiger partial charge in [0.1, 0.15) is 5.82 Å². The third-order valence-corrected chi connectivity index (χ3v) is 3.09. The first-order valence-corrected chi connectivity index (χ1v) is 6.77. The number of hydrogen-bond donors (Lipinski definition) is 1. The molecule has 2 aromatic rings. The second-order valence-electron chi connectivity index (χ2n) is 4.87. The van der Waals surface area contributed by atoms with Crippen LogP contribution in [0.5, 0.6) is 0 Å². The molecule has 4 nitrogen and oxygen atoms in total. The largest absolute Gasteiger partial charge is 0.322 e. The summed E-state index contributed by atoms with van der Waals surface area (Å²) in [6.07, 6.45) is 4.34. The normalized spacial score (nSPS) is 10.6. The van der Waals surface area contributed by atoms with Crippen LogP contribution in [0.25, 0.3) is 0 Å². The van der Waals surface area contributed by atoms with Gasteiger partial charge in [0, 0.05) is 18.9 Å². The standard InChI is InChI=1S/C16H18FN3O/c1-20(11-8-13-6-9-18-10-7-13)12-16(21)19-15-5-3-2-4-14(15)17/h2-7,9-10H,8,11-12H2,1H3,(H,19,21). The van der Waals surface area contributed by atoms with Crippen molar-refractivity contribution in [2.45, 2.75) is 6.42 Å². The maximum atomic E-state index is 13.4. The molecular formula is C16H18FN3O. The molecule has 1 amide bonds. The van der Waals surface area contributed by atoms with E-state index in [0.29, 0.717) is 0 Å². The van der Waals surface area contributed by atoms with Crippen molar-refractivity contribution >= 4 is 11.6 Å². The third-order valence-electron chi connectivity index (χ3n) is 3.09. The molecule has 0 saturated carbocycles. The molecule has 110 valence electrons. The number of rotatable bonds is 6. The van der Waals surface area contributed by atoms with Gasteiger partial charge in [-0.25, -0.2) is 4.39 Å². The van der Waals surface area contributed by atoms with Gasteiger partial charge in [0.25, 0.3) is 0 Å². The number of pyridine rings is 1. The zero-order valence-electron chi connectivity index (χ0n) is 11.9. The van der Waals surface area contributed by atoms with E-state index in [4.69, 9.17) is 0 Å². The van der Waals surface area contributed by atoms with Gasteiger partial charge in [-0.15, -0.1) is 0 Å². The van der Waals surface area contributed by atoms with Crippen LogP contribution in [0.3, 0.4) is 0 Å². The van der Waals surface area contributed by atoms with Gasteiger partial charge in [-0.2, -0.15) is 0 Å². The molecule has 0 fully saturated rings.